The van der Waals surface area contributed by atoms with Crippen LogP contribution in [0.5, 0.6) is 0 Å². The fraction of sp³-hybridized carbons (Fsp3) is 0.690. The van der Waals surface area contributed by atoms with Gasteiger partial charge < -0.3 is 19.1 Å². The maximum absolute atomic E-state index is 14.3. The average molecular weight is 547 g/mol. The molecule has 0 bridgehead atoms. The molecule has 1 aliphatic heterocycles. The first-order valence-electron chi connectivity index (χ1n) is 13.5. The van der Waals surface area contributed by atoms with Crippen LogP contribution in [0.4, 0.5) is 5.69 Å². The summed E-state index contributed by atoms with van der Waals surface area (Å²) in [6, 6.07) is 0.951. The van der Waals surface area contributed by atoms with Crippen LogP contribution >= 0.6 is 11.3 Å². The first kappa shape index (κ1) is 30.1. The second kappa shape index (κ2) is 13.6. The van der Waals surface area contributed by atoms with Crippen molar-refractivity contribution in [1.29, 1.82) is 0 Å². The van der Waals surface area contributed by atoms with Crippen LogP contribution in [0.2, 0.25) is 0 Å². The molecule has 2 heterocycles. The molecule has 1 atom stereocenters. The summed E-state index contributed by atoms with van der Waals surface area (Å²) < 4.78 is 15.9. The summed E-state index contributed by atoms with van der Waals surface area (Å²) in [6.07, 6.45) is 3.74. The number of amides is 2. The van der Waals surface area contributed by atoms with E-state index in [0.717, 1.165) is 25.7 Å². The van der Waals surface area contributed by atoms with Crippen molar-refractivity contribution in [3.05, 3.63) is 15.8 Å². The SMILES string of the molecule is COCC[C@@H](C(=O)N1CCOCC1)N(C(=O)C1CCC(C)CC1)c1cc(C#CC(C)(C)C)sc1C(=O)OC. The van der Waals surface area contributed by atoms with Crippen molar-refractivity contribution in [2.75, 3.05) is 52.0 Å². The fourth-order valence-corrected chi connectivity index (χ4v) is 5.76. The summed E-state index contributed by atoms with van der Waals surface area (Å²) in [5.41, 5.74) is 0.156. The molecule has 8 nitrogen and oxygen atoms in total. The molecule has 38 heavy (non-hydrogen) atoms. The van der Waals surface area contributed by atoms with Crippen LogP contribution in [0.1, 0.15) is 74.3 Å². The average Bonchev–Trinajstić information content (AvgIpc) is 3.33. The van der Waals surface area contributed by atoms with Gasteiger partial charge in [-0.05, 0) is 58.4 Å². The molecule has 210 valence electrons. The van der Waals surface area contributed by atoms with Crippen LogP contribution in [0, 0.1) is 29.1 Å². The van der Waals surface area contributed by atoms with Gasteiger partial charge in [-0.2, -0.15) is 0 Å². The minimum atomic E-state index is -0.818. The van der Waals surface area contributed by atoms with Crippen molar-refractivity contribution in [3.8, 4) is 11.8 Å². The number of anilines is 1. The summed E-state index contributed by atoms with van der Waals surface area (Å²) >= 11 is 1.20. The van der Waals surface area contributed by atoms with Crippen LogP contribution < -0.4 is 4.90 Å². The third-order valence-electron chi connectivity index (χ3n) is 7.02. The summed E-state index contributed by atoms with van der Waals surface area (Å²) in [5, 5.41) is 0. The Kier molecular flexibility index (Phi) is 10.8. The van der Waals surface area contributed by atoms with Gasteiger partial charge in [0.25, 0.3) is 0 Å². The zero-order valence-corrected chi connectivity index (χ0v) is 24.4. The Morgan fingerprint density at radius 3 is 2.39 bits per heavy atom. The molecule has 1 aliphatic carbocycles. The highest BCUT2D eigenvalue weighted by atomic mass is 32.1. The predicted molar refractivity (Wildman–Crippen MR) is 148 cm³/mol. The standard InChI is InChI=1S/C29H42N2O6S/c1-20-7-9-21(10-8-20)26(32)31(23(12-16-35-5)27(33)30-14-17-37-18-15-30)24-19-22(11-13-29(2,3)4)38-25(24)28(34)36-6/h19-21,23H,7-10,12,14-18H2,1-6H3/t20?,21?,23-/m0/s1. The molecule has 0 N–H and O–H groups in total. The molecular weight excluding hydrogens is 504 g/mol. The fourth-order valence-electron chi connectivity index (χ4n) is 4.84. The minimum Gasteiger partial charge on any atom is -0.465 e. The Hall–Kier alpha value is -2.41. The van der Waals surface area contributed by atoms with Gasteiger partial charge in [0.2, 0.25) is 11.8 Å². The maximum atomic E-state index is 14.3. The van der Waals surface area contributed by atoms with Crippen molar-refractivity contribution < 1.29 is 28.6 Å². The van der Waals surface area contributed by atoms with E-state index in [2.05, 4.69) is 18.8 Å². The van der Waals surface area contributed by atoms with E-state index < -0.39 is 12.0 Å². The number of esters is 1. The van der Waals surface area contributed by atoms with Gasteiger partial charge in [0, 0.05) is 44.6 Å². The number of methoxy groups -OCH3 is 2. The van der Waals surface area contributed by atoms with E-state index in [4.69, 9.17) is 14.2 Å². The van der Waals surface area contributed by atoms with Crippen LogP contribution in [0.25, 0.3) is 0 Å². The monoisotopic (exact) mass is 546 g/mol. The van der Waals surface area contributed by atoms with Crippen molar-refractivity contribution >= 4 is 34.8 Å². The molecule has 0 radical (unpaired) electrons. The molecule has 0 unspecified atom stereocenters. The number of thiophene rings is 1. The van der Waals surface area contributed by atoms with E-state index in [1.54, 1.807) is 23.0 Å². The molecule has 1 saturated carbocycles. The Morgan fingerprint density at radius 1 is 1.16 bits per heavy atom. The van der Waals surface area contributed by atoms with Gasteiger partial charge >= 0.3 is 5.97 Å². The van der Waals surface area contributed by atoms with Crippen LogP contribution in [-0.2, 0) is 23.8 Å². The van der Waals surface area contributed by atoms with E-state index in [-0.39, 0.29) is 28.0 Å². The highest BCUT2D eigenvalue weighted by Gasteiger charge is 2.40. The van der Waals surface area contributed by atoms with E-state index >= 15 is 0 Å². The zero-order chi connectivity index (χ0) is 27.9. The molecule has 1 aromatic rings. The minimum absolute atomic E-state index is 0.127. The third kappa shape index (κ3) is 7.81. The van der Waals surface area contributed by atoms with Gasteiger partial charge in [-0.25, -0.2) is 4.79 Å². The highest BCUT2D eigenvalue weighted by Crippen LogP contribution is 2.37. The Labute approximate surface area is 231 Å². The lowest BCUT2D eigenvalue weighted by molar-refractivity contribution is -0.139. The van der Waals surface area contributed by atoms with Crippen LogP contribution in [0.3, 0.4) is 0 Å². The number of hydrogen-bond donors (Lipinski definition) is 0. The van der Waals surface area contributed by atoms with E-state index in [9.17, 15) is 14.4 Å². The molecule has 1 saturated heterocycles. The number of ether oxygens (including phenoxy) is 3. The molecule has 2 amide bonds. The maximum Gasteiger partial charge on any atom is 0.350 e. The second-order valence-electron chi connectivity index (χ2n) is 11.2. The quantitative estimate of drug-likeness (QED) is 0.356. The summed E-state index contributed by atoms with van der Waals surface area (Å²) in [4.78, 5) is 45.5. The summed E-state index contributed by atoms with van der Waals surface area (Å²) in [7, 11) is 2.90. The van der Waals surface area contributed by atoms with Crippen molar-refractivity contribution in [1.82, 2.24) is 4.90 Å². The number of carbonyl (C=O) groups excluding carboxylic acids is 3. The zero-order valence-electron chi connectivity index (χ0n) is 23.6. The lowest BCUT2D eigenvalue weighted by Crippen LogP contribution is -2.55. The van der Waals surface area contributed by atoms with Crippen LogP contribution in [0.15, 0.2) is 6.07 Å². The Bertz CT molecular complexity index is 1040. The van der Waals surface area contributed by atoms with Gasteiger partial charge in [0.15, 0.2) is 0 Å². The molecule has 1 aromatic heterocycles. The van der Waals surface area contributed by atoms with Crippen LogP contribution in [-0.4, -0.2) is 75.9 Å². The molecule has 0 spiro atoms. The smallest absolute Gasteiger partial charge is 0.350 e. The number of nitrogens with zero attached hydrogens (tertiary/aromatic N) is 2. The molecule has 3 rings (SSSR count). The molecule has 9 heteroatoms. The first-order chi connectivity index (χ1) is 18.1. The largest absolute Gasteiger partial charge is 0.465 e. The summed E-state index contributed by atoms with van der Waals surface area (Å²) in [5.74, 6) is 5.88. The van der Waals surface area contributed by atoms with Gasteiger partial charge in [-0.1, -0.05) is 18.8 Å². The predicted octanol–water partition coefficient (Wildman–Crippen LogP) is 4.36. The molecule has 2 aliphatic rings. The topological polar surface area (TPSA) is 85.4 Å². The second-order valence-corrected chi connectivity index (χ2v) is 12.3. The van der Waals surface area contributed by atoms with Crippen molar-refractivity contribution in [3.63, 3.8) is 0 Å². The number of hydrogen-bond acceptors (Lipinski definition) is 7. The Morgan fingerprint density at radius 2 is 1.82 bits per heavy atom. The van der Waals surface area contributed by atoms with Gasteiger partial charge in [-0.3, -0.25) is 14.5 Å². The normalized spacial score (nSPS) is 20.7. The number of carbonyl (C=O) groups is 3. The molecular formula is C29H42N2O6S. The number of morpholine rings is 1. The highest BCUT2D eigenvalue weighted by molar-refractivity contribution is 7.15. The first-order valence-corrected chi connectivity index (χ1v) is 14.3. The lowest BCUT2D eigenvalue weighted by Gasteiger charge is -2.38. The van der Waals surface area contributed by atoms with Gasteiger partial charge in [0.1, 0.15) is 10.9 Å². The third-order valence-corrected chi connectivity index (χ3v) is 8.04. The van der Waals surface area contributed by atoms with Crippen molar-refractivity contribution in [2.24, 2.45) is 17.3 Å². The van der Waals surface area contributed by atoms with Crippen molar-refractivity contribution in [2.45, 2.75) is 65.8 Å². The van der Waals surface area contributed by atoms with E-state index in [1.165, 1.54) is 18.4 Å². The lowest BCUT2D eigenvalue weighted by atomic mass is 9.82. The molecule has 2 fully saturated rings. The van der Waals surface area contributed by atoms with Gasteiger partial charge in [-0.15, -0.1) is 11.3 Å². The van der Waals surface area contributed by atoms with E-state index in [0.29, 0.717) is 55.8 Å². The molecule has 0 aromatic carbocycles. The summed E-state index contributed by atoms with van der Waals surface area (Å²) in [6.45, 7) is 10.4. The van der Waals surface area contributed by atoms with E-state index in [1.807, 2.05) is 20.8 Å². The Balaban J connectivity index is 2.13. The van der Waals surface area contributed by atoms with Gasteiger partial charge in [0.05, 0.1) is 30.9 Å². The number of rotatable bonds is 8.